The van der Waals surface area contributed by atoms with Crippen molar-refractivity contribution in [1.29, 1.82) is 0 Å². The van der Waals surface area contributed by atoms with Crippen LogP contribution in [0.3, 0.4) is 0 Å². The third-order valence-corrected chi connectivity index (χ3v) is 7.32. The Morgan fingerprint density at radius 2 is 1.02 bits per heavy atom. The molecule has 0 bridgehead atoms. The molecular formula is C39H71N5O14. The molecule has 0 saturated heterocycles. The number of amides is 5. The first-order valence-electron chi connectivity index (χ1n) is 20.2. The van der Waals surface area contributed by atoms with Crippen LogP contribution in [-0.2, 0) is 57.1 Å². The summed E-state index contributed by atoms with van der Waals surface area (Å²) in [6.07, 6.45) is 1.16. The maximum Gasteiger partial charge on any atom is 0.408 e. The lowest BCUT2D eigenvalue weighted by Gasteiger charge is -2.23. The summed E-state index contributed by atoms with van der Waals surface area (Å²) in [4.78, 5) is 85.3. The van der Waals surface area contributed by atoms with Gasteiger partial charge in [0.05, 0.1) is 39.6 Å². The first kappa shape index (κ1) is 53.8. The Labute approximate surface area is 343 Å². The van der Waals surface area contributed by atoms with Crippen molar-refractivity contribution in [2.45, 2.75) is 136 Å². The molecule has 2 atom stereocenters. The summed E-state index contributed by atoms with van der Waals surface area (Å²) in [6, 6.07) is -1.82. The van der Waals surface area contributed by atoms with Crippen molar-refractivity contribution in [2.24, 2.45) is 0 Å². The molecule has 0 aromatic carbocycles. The molecule has 0 radical (unpaired) electrons. The highest BCUT2D eigenvalue weighted by Crippen LogP contribution is 2.10. The minimum absolute atomic E-state index is 0.0284. The molecule has 0 aliphatic heterocycles. The van der Waals surface area contributed by atoms with Gasteiger partial charge in [-0.05, 0) is 93.9 Å². The van der Waals surface area contributed by atoms with Crippen LogP contribution in [0.4, 0.5) is 9.59 Å². The summed E-state index contributed by atoms with van der Waals surface area (Å²) in [6.45, 7) is 17.5. The number of nitrogens with one attached hydrogen (secondary N) is 5. The van der Waals surface area contributed by atoms with Gasteiger partial charge < -0.3 is 59.7 Å². The zero-order valence-corrected chi connectivity index (χ0v) is 36.0. The maximum atomic E-state index is 12.9. The molecule has 0 aromatic heterocycles. The highest BCUT2D eigenvalue weighted by atomic mass is 16.6. The second-order valence-corrected chi connectivity index (χ2v) is 15.0. The van der Waals surface area contributed by atoms with Crippen LogP contribution in [0.2, 0.25) is 0 Å². The fraction of sp³-hybridized carbons (Fsp3) is 0.821. The van der Waals surface area contributed by atoms with E-state index in [9.17, 15) is 33.6 Å². The van der Waals surface area contributed by atoms with E-state index >= 15 is 0 Å². The lowest BCUT2D eigenvalue weighted by Crippen LogP contribution is -2.48. The third kappa shape index (κ3) is 32.8. The Kier molecular flexibility index (Phi) is 29.4. The van der Waals surface area contributed by atoms with Gasteiger partial charge in [-0.2, -0.15) is 0 Å². The first-order valence-corrected chi connectivity index (χ1v) is 20.2. The second kappa shape index (κ2) is 31.7. The molecular weight excluding hydrogens is 762 g/mol. The van der Waals surface area contributed by atoms with Gasteiger partial charge in [-0.15, -0.1) is 0 Å². The van der Waals surface area contributed by atoms with Gasteiger partial charge in [0.25, 0.3) is 0 Å². The lowest BCUT2D eigenvalue weighted by molar-refractivity contribution is -0.148. The number of carbonyl (C=O) groups is 7. The van der Waals surface area contributed by atoms with E-state index in [1.807, 2.05) is 0 Å². The minimum Gasteiger partial charge on any atom is -0.466 e. The predicted octanol–water partition coefficient (Wildman–Crippen LogP) is 2.81. The molecule has 2 unspecified atom stereocenters. The van der Waals surface area contributed by atoms with E-state index in [0.717, 1.165) is 0 Å². The molecule has 0 aromatic rings. The summed E-state index contributed by atoms with van der Waals surface area (Å²) in [5.74, 6) is -2.31. The molecule has 19 heteroatoms. The highest BCUT2D eigenvalue weighted by Gasteiger charge is 2.25. The molecule has 0 rings (SSSR count). The largest absolute Gasteiger partial charge is 0.466 e. The number of unbranched alkanes of at least 4 members (excludes halogenated alkanes) is 1. The smallest absolute Gasteiger partial charge is 0.408 e. The average Bonchev–Trinajstić information content (AvgIpc) is 3.12. The first-order chi connectivity index (χ1) is 27.4. The highest BCUT2D eigenvalue weighted by molar-refractivity contribution is 5.88. The van der Waals surface area contributed by atoms with Crippen molar-refractivity contribution in [1.82, 2.24) is 26.6 Å². The number of alkyl carbamates (subject to hydrolysis) is 2. The van der Waals surface area contributed by atoms with Crippen molar-refractivity contribution >= 4 is 41.8 Å². The Morgan fingerprint density at radius 1 is 0.500 bits per heavy atom. The normalized spacial score (nSPS) is 12.3. The van der Waals surface area contributed by atoms with E-state index in [1.165, 1.54) is 0 Å². The van der Waals surface area contributed by atoms with E-state index in [2.05, 4.69) is 26.6 Å². The van der Waals surface area contributed by atoms with Crippen molar-refractivity contribution in [3.8, 4) is 0 Å². The Hall–Kier alpha value is -4.23. The van der Waals surface area contributed by atoms with Gasteiger partial charge in [0.15, 0.2) is 0 Å². The van der Waals surface area contributed by atoms with E-state index in [0.29, 0.717) is 91.4 Å². The quantitative estimate of drug-likeness (QED) is 0.0383. The van der Waals surface area contributed by atoms with Gasteiger partial charge in [0.2, 0.25) is 17.7 Å². The molecule has 0 fully saturated rings. The van der Waals surface area contributed by atoms with Gasteiger partial charge in [0.1, 0.15) is 23.3 Å². The van der Waals surface area contributed by atoms with Gasteiger partial charge >= 0.3 is 24.1 Å². The Bertz CT molecular complexity index is 1220. The van der Waals surface area contributed by atoms with Crippen LogP contribution < -0.4 is 26.6 Å². The standard InChI is InChI=1S/C39H71N5O14/c1-9-55-33(47)19-16-30(35(49)56-10-2)43-32(46)18-17-31(45)40-21-13-23-52-25-27-54-28-26-53-24-14-22-41-34(48)29(44-37(51)58-39(6,7)8)15-11-12-20-42-36(50)57-38(3,4)5/h29-30H,9-28H2,1-8H3,(H,40,45)(H,41,48)(H,42,50)(H,43,46)(H,44,51). The summed E-state index contributed by atoms with van der Waals surface area (Å²) in [7, 11) is 0. The summed E-state index contributed by atoms with van der Waals surface area (Å²) in [5, 5.41) is 13.4. The molecule has 0 heterocycles. The van der Waals surface area contributed by atoms with Gasteiger partial charge in [-0.25, -0.2) is 14.4 Å². The molecule has 58 heavy (non-hydrogen) atoms. The fourth-order valence-electron chi connectivity index (χ4n) is 4.72. The van der Waals surface area contributed by atoms with Crippen molar-refractivity contribution < 1.29 is 66.7 Å². The molecule has 0 saturated carbocycles. The van der Waals surface area contributed by atoms with Gasteiger partial charge in [0, 0.05) is 52.1 Å². The van der Waals surface area contributed by atoms with E-state index < -0.39 is 53.3 Å². The molecule has 0 spiro atoms. The second-order valence-electron chi connectivity index (χ2n) is 15.0. The van der Waals surface area contributed by atoms with Crippen molar-refractivity contribution in [2.75, 3.05) is 72.5 Å². The van der Waals surface area contributed by atoms with E-state index in [1.54, 1.807) is 55.4 Å². The molecule has 5 N–H and O–H groups in total. The Morgan fingerprint density at radius 3 is 1.59 bits per heavy atom. The molecule has 5 amide bonds. The van der Waals surface area contributed by atoms with Crippen LogP contribution in [0.25, 0.3) is 0 Å². The summed E-state index contributed by atoms with van der Waals surface area (Å²) < 4.78 is 36.9. The van der Waals surface area contributed by atoms with E-state index in [-0.39, 0.29) is 50.7 Å². The zero-order chi connectivity index (χ0) is 43.8. The fourth-order valence-corrected chi connectivity index (χ4v) is 4.72. The third-order valence-electron chi connectivity index (χ3n) is 7.32. The minimum atomic E-state index is -1.01. The van der Waals surface area contributed by atoms with Gasteiger partial charge in [-0.1, -0.05) is 0 Å². The number of ether oxygens (including phenoxy) is 7. The maximum absolute atomic E-state index is 12.9. The topological polar surface area (TPSA) is 244 Å². The van der Waals surface area contributed by atoms with Crippen LogP contribution in [0, 0.1) is 0 Å². The summed E-state index contributed by atoms with van der Waals surface area (Å²) in [5.41, 5.74) is -1.32. The molecule has 0 aliphatic carbocycles. The SMILES string of the molecule is CCOC(=O)CCC(NC(=O)CCC(=O)NCCCOCCOCCOCCCNC(=O)C(CCCCNC(=O)OC(C)(C)C)NC(=O)OC(C)(C)C)C(=O)OCC. The van der Waals surface area contributed by atoms with Crippen LogP contribution in [0.15, 0.2) is 0 Å². The zero-order valence-electron chi connectivity index (χ0n) is 36.0. The van der Waals surface area contributed by atoms with E-state index in [4.69, 9.17) is 33.2 Å². The molecule has 0 aliphatic rings. The monoisotopic (exact) mass is 833 g/mol. The number of hydrogen-bond donors (Lipinski definition) is 5. The van der Waals surface area contributed by atoms with Gasteiger partial charge in [-0.3, -0.25) is 19.2 Å². The molecule has 336 valence electrons. The predicted molar refractivity (Wildman–Crippen MR) is 213 cm³/mol. The number of hydrogen-bond acceptors (Lipinski definition) is 14. The molecule has 19 nitrogen and oxygen atoms in total. The number of carbonyl (C=O) groups excluding carboxylic acids is 7. The number of esters is 2. The van der Waals surface area contributed by atoms with Crippen molar-refractivity contribution in [3.05, 3.63) is 0 Å². The average molecular weight is 834 g/mol. The summed E-state index contributed by atoms with van der Waals surface area (Å²) >= 11 is 0. The van der Waals surface area contributed by atoms with Crippen molar-refractivity contribution in [3.63, 3.8) is 0 Å². The number of rotatable bonds is 31. The lowest BCUT2D eigenvalue weighted by atomic mass is 10.1. The van der Waals surface area contributed by atoms with Crippen LogP contribution in [0.5, 0.6) is 0 Å². The van der Waals surface area contributed by atoms with Crippen LogP contribution >= 0.6 is 0 Å². The van der Waals surface area contributed by atoms with Crippen LogP contribution in [0.1, 0.15) is 113 Å². The van der Waals surface area contributed by atoms with Crippen LogP contribution in [-0.4, -0.2) is 138 Å². The Balaban J connectivity index is 4.10.